The standard InChI is InChI=1S/C26H38N2/c1-3-5-6-8-22-13-16-24(17-14-22)25-19-27-26(28-20-25)18-15-23-11-9-21(7-4-2)10-12-23/h9-12,19-20,22,24H,3-8,13-18H2,1-2H3. The van der Waals surface area contributed by atoms with Crippen LogP contribution >= 0.6 is 0 Å². The minimum Gasteiger partial charge on any atom is -0.241 e. The maximum absolute atomic E-state index is 4.68. The lowest BCUT2D eigenvalue weighted by Gasteiger charge is -2.28. The third kappa shape index (κ3) is 6.43. The number of aryl methyl sites for hydroxylation is 3. The lowest BCUT2D eigenvalue weighted by molar-refractivity contribution is 0.302. The fourth-order valence-electron chi connectivity index (χ4n) is 4.59. The second kappa shape index (κ2) is 11.3. The van der Waals surface area contributed by atoms with Crippen molar-refractivity contribution in [3.63, 3.8) is 0 Å². The number of hydrogen-bond acceptors (Lipinski definition) is 2. The van der Waals surface area contributed by atoms with Gasteiger partial charge in [0.25, 0.3) is 0 Å². The number of unbranched alkanes of at least 4 members (excludes halogenated alkanes) is 2. The first-order chi connectivity index (χ1) is 13.8. The summed E-state index contributed by atoms with van der Waals surface area (Å²) < 4.78 is 0. The molecule has 152 valence electrons. The minimum absolute atomic E-state index is 0.683. The van der Waals surface area contributed by atoms with E-state index < -0.39 is 0 Å². The van der Waals surface area contributed by atoms with Crippen molar-refractivity contribution in [3.8, 4) is 0 Å². The Kier molecular flexibility index (Phi) is 8.51. The molecule has 1 aliphatic rings. The van der Waals surface area contributed by atoms with E-state index in [-0.39, 0.29) is 0 Å². The van der Waals surface area contributed by atoms with Gasteiger partial charge in [0.05, 0.1) is 0 Å². The molecule has 0 unspecified atom stereocenters. The van der Waals surface area contributed by atoms with Gasteiger partial charge in [0.1, 0.15) is 5.82 Å². The van der Waals surface area contributed by atoms with Crippen molar-refractivity contribution in [2.24, 2.45) is 5.92 Å². The summed E-state index contributed by atoms with van der Waals surface area (Å²) in [5.41, 5.74) is 4.18. The van der Waals surface area contributed by atoms with Crippen LogP contribution in [0.5, 0.6) is 0 Å². The van der Waals surface area contributed by atoms with Crippen LogP contribution < -0.4 is 0 Å². The monoisotopic (exact) mass is 378 g/mol. The van der Waals surface area contributed by atoms with Crippen LogP contribution in [0.1, 0.15) is 100 Å². The van der Waals surface area contributed by atoms with Gasteiger partial charge in [0.15, 0.2) is 0 Å². The Morgan fingerprint density at radius 2 is 1.39 bits per heavy atom. The highest BCUT2D eigenvalue weighted by molar-refractivity contribution is 5.23. The van der Waals surface area contributed by atoms with Crippen molar-refractivity contribution in [3.05, 3.63) is 59.2 Å². The topological polar surface area (TPSA) is 25.8 Å². The molecule has 0 bridgehead atoms. The quantitative estimate of drug-likeness (QED) is 0.413. The van der Waals surface area contributed by atoms with Gasteiger partial charge >= 0.3 is 0 Å². The van der Waals surface area contributed by atoms with Crippen molar-refractivity contribution in [1.82, 2.24) is 9.97 Å². The molecule has 1 heterocycles. The maximum Gasteiger partial charge on any atom is 0.128 e. The van der Waals surface area contributed by atoms with Crippen LogP contribution in [-0.2, 0) is 19.3 Å². The zero-order chi connectivity index (χ0) is 19.6. The van der Waals surface area contributed by atoms with Gasteiger partial charge in [-0.15, -0.1) is 0 Å². The molecule has 2 heteroatoms. The number of hydrogen-bond donors (Lipinski definition) is 0. The van der Waals surface area contributed by atoms with E-state index in [1.807, 2.05) is 0 Å². The van der Waals surface area contributed by atoms with Gasteiger partial charge in [-0.25, -0.2) is 9.97 Å². The summed E-state index contributed by atoms with van der Waals surface area (Å²) in [6.07, 6.45) is 19.6. The van der Waals surface area contributed by atoms with Crippen LogP contribution in [0.4, 0.5) is 0 Å². The molecule has 0 spiro atoms. The summed E-state index contributed by atoms with van der Waals surface area (Å²) in [5, 5.41) is 0. The lowest BCUT2D eigenvalue weighted by Crippen LogP contribution is -2.14. The van der Waals surface area contributed by atoms with Gasteiger partial charge in [-0.2, -0.15) is 0 Å². The fraction of sp³-hybridized carbons (Fsp3) is 0.615. The fourth-order valence-corrected chi connectivity index (χ4v) is 4.59. The Morgan fingerprint density at radius 3 is 2.00 bits per heavy atom. The normalized spacial score (nSPS) is 19.6. The summed E-state index contributed by atoms with van der Waals surface area (Å²) >= 11 is 0. The predicted octanol–water partition coefficient (Wildman–Crippen LogP) is 7.07. The summed E-state index contributed by atoms with van der Waals surface area (Å²) in [5.74, 6) is 2.63. The second-order valence-corrected chi connectivity index (χ2v) is 8.71. The average Bonchev–Trinajstić information content (AvgIpc) is 2.75. The van der Waals surface area contributed by atoms with Gasteiger partial charge in [-0.05, 0) is 67.1 Å². The van der Waals surface area contributed by atoms with Crippen LogP contribution in [-0.4, -0.2) is 9.97 Å². The van der Waals surface area contributed by atoms with Crippen LogP contribution in [0.3, 0.4) is 0 Å². The van der Waals surface area contributed by atoms with Crippen molar-refractivity contribution in [2.45, 2.75) is 96.8 Å². The Balaban J connectivity index is 1.43. The molecule has 3 rings (SSSR count). The molecule has 2 aromatic rings. The first kappa shape index (κ1) is 21.0. The number of aromatic nitrogens is 2. The molecule has 28 heavy (non-hydrogen) atoms. The van der Waals surface area contributed by atoms with E-state index in [4.69, 9.17) is 0 Å². The third-order valence-electron chi connectivity index (χ3n) is 6.46. The van der Waals surface area contributed by atoms with Gasteiger partial charge in [-0.3, -0.25) is 0 Å². The number of rotatable bonds is 10. The second-order valence-electron chi connectivity index (χ2n) is 8.71. The smallest absolute Gasteiger partial charge is 0.128 e. The van der Waals surface area contributed by atoms with E-state index in [0.717, 1.165) is 24.6 Å². The van der Waals surface area contributed by atoms with E-state index in [9.17, 15) is 0 Å². The summed E-state index contributed by atoms with van der Waals surface area (Å²) in [6, 6.07) is 9.05. The van der Waals surface area contributed by atoms with Gasteiger partial charge in [0, 0.05) is 18.8 Å². The Labute approximate surface area is 172 Å². The first-order valence-corrected chi connectivity index (χ1v) is 11.7. The highest BCUT2D eigenvalue weighted by Gasteiger charge is 2.22. The largest absolute Gasteiger partial charge is 0.241 e. The van der Waals surface area contributed by atoms with Gasteiger partial charge in [-0.1, -0.05) is 70.2 Å². The molecular formula is C26H38N2. The van der Waals surface area contributed by atoms with Gasteiger partial charge in [0.2, 0.25) is 0 Å². The molecule has 0 N–H and O–H groups in total. The highest BCUT2D eigenvalue weighted by Crippen LogP contribution is 2.37. The molecule has 1 saturated carbocycles. The molecule has 1 aromatic heterocycles. The minimum atomic E-state index is 0.683. The summed E-state index contributed by atoms with van der Waals surface area (Å²) in [7, 11) is 0. The van der Waals surface area contributed by atoms with E-state index in [1.54, 1.807) is 0 Å². The molecule has 0 amide bonds. The van der Waals surface area contributed by atoms with Crippen LogP contribution in [0.15, 0.2) is 36.7 Å². The van der Waals surface area contributed by atoms with E-state index in [0.29, 0.717) is 5.92 Å². The SMILES string of the molecule is CCCCCC1CCC(c2cnc(CCc3ccc(CCC)cc3)nc2)CC1. The molecule has 1 aromatic carbocycles. The Bertz CT molecular complexity index is 667. The number of benzene rings is 1. The summed E-state index contributed by atoms with van der Waals surface area (Å²) in [4.78, 5) is 9.37. The molecule has 0 aliphatic heterocycles. The summed E-state index contributed by atoms with van der Waals surface area (Å²) in [6.45, 7) is 4.53. The molecule has 1 fully saturated rings. The van der Waals surface area contributed by atoms with Gasteiger partial charge < -0.3 is 0 Å². The third-order valence-corrected chi connectivity index (χ3v) is 6.46. The predicted molar refractivity (Wildman–Crippen MR) is 119 cm³/mol. The molecular weight excluding hydrogens is 340 g/mol. The van der Waals surface area contributed by atoms with E-state index >= 15 is 0 Å². The van der Waals surface area contributed by atoms with Crippen LogP contribution in [0, 0.1) is 5.92 Å². The lowest BCUT2D eigenvalue weighted by atomic mass is 9.77. The Hall–Kier alpha value is -1.70. The van der Waals surface area contributed by atoms with Crippen molar-refractivity contribution in [2.75, 3.05) is 0 Å². The average molecular weight is 379 g/mol. The zero-order valence-electron chi connectivity index (χ0n) is 18.0. The van der Waals surface area contributed by atoms with E-state index in [1.165, 1.54) is 80.9 Å². The number of nitrogens with zero attached hydrogens (tertiary/aromatic N) is 2. The van der Waals surface area contributed by atoms with Crippen molar-refractivity contribution < 1.29 is 0 Å². The zero-order valence-corrected chi connectivity index (χ0v) is 18.0. The highest BCUT2D eigenvalue weighted by atomic mass is 14.9. The van der Waals surface area contributed by atoms with Crippen molar-refractivity contribution in [1.29, 1.82) is 0 Å². The molecule has 0 atom stereocenters. The van der Waals surface area contributed by atoms with Crippen molar-refractivity contribution >= 4 is 0 Å². The van der Waals surface area contributed by atoms with Crippen LogP contribution in [0.2, 0.25) is 0 Å². The molecule has 2 nitrogen and oxygen atoms in total. The maximum atomic E-state index is 4.68. The van der Waals surface area contributed by atoms with E-state index in [2.05, 4.69) is 60.5 Å². The van der Waals surface area contributed by atoms with Crippen LogP contribution in [0.25, 0.3) is 0 Å². The Morgan fingerprint density at radius 1 is 0.750 bits per heavy atom. The first-order valence-electron chi connectivity index (χ1n) is 11.7. The molecule has 1 aliphatic carbocycles. The molecule has 0 radical (unpaired) electrons. The molecule has 0 saturated heterocycles.